The smallest absolute Gasteiger partial charge is 0.141 e. The first-order valence-corrected chi connectivity index (χ1v) is 9.91. The molecular weight excluding hydrogens is 360 g/mol. The van der Waals surface area contributed by atoms with Gasteiger partial charge >= 0.3 is 0 Å². The minimum atomic E-state index is -0.111. The maximum atomic E-state index is 9.55. The normalized spacial score (nSPS) is 11.5. The molecule has 0 aliphatic carbocycles. The van der Waals surface area contributed by atoms with Crippen molar-refractivity contribution >= 4 is 0 Å². The zero-order valence-corrected chi connectivity index (χ0v) is 17.2. The molecule has 1 atom stereocenters. The molecular formula is C25H26N2O2. The molecule has 3 rings (SSSR count). The van der Waals surface area contributed by atoms with Crippen LogP contribution in [0.4, 0.5) is 0 Å². The number of rotatable bonds is 8. The van der Waals surface area contributed by atoms with E-state index >= 15 is 0 Å². The molecule has 4 nitrogen and oxygen atoms in total. The van der Waals surface area contributed by atoms with Crippen LogP contribution in [0.5, 0.6) is 11.5 Å². The molecule has 2 aromatic carbocycles. The summed E-state index contributed by atoms with van der Waals surface area (Å²) in [7, 11) is 0. The molecule has 29 heavy (non-hydrogen) atoms. The number of nitriles is 1. The minimum absolute atomic E-state index is 0.111. The van der Waals surface area contributed by atoms with Crippen LogP contribution in [0, 0.1) is 25.2 Å². The molecule has 0 N–H and O–H groups in total. The van der Waals surface area contributed by atoms with Gasteiger partial charge in [0.05, 0.1) is 5.56 Å². The molecule has 0 bridgehead atoms. The average molecular weight is 386 g/mol. The molecule has 0 spiro atoms. The zero-order valence-electron chi connectivity index (χ0n) is 17.2. The molecule has 0 radical (unpaired) electrons. The fourth-order valence-corrected chi connectivity index (χ4v) is 3.25. The molecule has 0 aliphatic heterocycles. The number of aromatic nitrogens is 1. The zero-order chi connectivity index (χ0) is 20.6. The van der Waals surface area contributed by atoms with E-state index < -0.39 is 0 Å². The van der Waals surface area contributed by atoms with Crippen molar-refractivity contribution in [2.75, 3.05) is 0 Å². The van der Waals surface area contributed by atoms with Gasteiger partial charge in [0.1, 0.15) is 30.3 Å². The first kappa shape index (κ1) is 20.4. The lowest BCUT2D eigenvalue weighted by Crippen LogP contribution is -2.11. The van der Waals surface area contributed by atoms with Crippen molar-refractivity contribution < 1.29 is 9.47 Å². The summed E-state index contributed by atoms with van der Waals surface area (Å²) >= 11 is 0. The molecule has 0 fully saturated rings. The molecule has 0 saturated carbocycles. The second-order valence-electron chi connectivity index (χ2n) is 7.10. The highest BCUT2D eigenvalue weighted by Gasteiger charge is 2.18. The van der Waals surface area contributed by atoms with E-state index in [1.54, 1.807) is 24.5 Å². The fraction of sp³-hybridized carbons (Fsp3) is 0.280. The van der Waals surface area contributed by atoms with Crippen LogP contribution >= 0.6 is 0 Å². The highest BCUT2D eigenvalue weighted by molar-refractivity contribution is 5.48. The van der Waals surface area contributed by atoms with Crippen LogP contribution < -0.4 is 9.47 Å². The first-order valence-electron chi connectivity index (χ1n) is 9.91. The van der Waals surface area contributed by atoms with E-state index in [1.807, 2.05) is 18.2 Å². The Bertz CT molecular complexity index is 993. The van der Waals surface area contributed by atoms with Gasteiger partial charge in [-0.25, -0.2) is 0 Å². The van der Waals surface area contributed by atoms with Gasteiger partial charge in [0.25, 0.3) is 0 Å². The van der Waals surface area contributed by atoms with E-state index in [0.717, 1.165) is 24.0 Å². The van der Waals surface area contributed by atoms with Crippen molar-refractivity contribution in [3.05, 3.63) is 88.7 Å². The molecule has 1 unspecified atom stereocenters. The Kier molecular flexibility index (Phi) is 6.86. The monoisotopic (exact) mass is 386 g/mol. The number of pyridine rings is 1. The third-order valence-corrected chi connectivity index (χ3v) is 5.02. The van der Waals surface area contributed by atoms with Gasteiger partial charge in [0, 0.05) is 24.0 Å². The maximum Gasteiger partial charge on any atom is 0.141 e. The molecule has 0 saturated heterocycles. The summed E-state index contributed by atoms with van der Waals surface area (Å²) in [4.78, 5) is 4.10. The number of aryl methyl sites for hydroxylation is 1. The van der Waals surface area contributed by atoms with E-state index in [9.17, 15) is 5.26 Å². The molecule has 0 amide bonds. The van der Waals surface area contributed by atoms with E-state index in [0.29, 0.717) is 23.7 Å². The van der Waals surface area contributed by atoms with Crippen LogP contribution in [0.15, 0.2) is 60.9 Å². The topological polar surface area (TPSA) is 55.1 Å². The highest BCUT2D eigenvalue weighted by atomic mass is 16.5. The lowest BCUT2D eigenvalue weighted by atomic mass is 9.96. The number of benzene rings is 2. The van der Waals surface area contributed by atoms with Crippen LogP contribution in [0.3, 0.4) is 0 Å². The third-order valence-electron chi connectivity index (χ3n) is 5.02. The Morgan fingerprint density at radius 3 is 2.69 bits per heavy atom. The summed E-state index contributed by atoms with van der Waals surface area (Å²) in [5.74, 6) is 1.22. The third kappa shape index (κ3) is 5.14. The standard InChI is InChI=1S/C25H26N2O2/c1-4-7-24(23-10-5-8-18(2)19(23)3)29-25-14-22(12-11-21(25)15-26)28-17-20-9-6-13-27-16-20/h5-6,8-14,16,24H,4,7,17H2,1-3H3. The van der Waals surface area contributed by atoms with E-state index in [2.05, 4.69) is 50.0 Å². The summed E-state index contributed by atoms with van der Waals surface area (Å²) in [5.41, 5.74) is 5.12. The van der Waals surface area contributed by atoms with Gasteiger partial charge < -0.3 is 9.47 Å². The van der Waals surface area contributed by atoms with Crippen molar-refractivity contribution in [1.29, 1.82) is 5.26 Å². The predicted molar refractivity (Wildman–Crippen MR) is 114 cm³/mol. The van der Waals surface area contributed by atoms with E-state index in [1.165, 1.54) is 11.1 Å². The Morgan fingerprint density at radius 1 is 1.10 bits per heavy atom. The summed E-state index contributed by atoms with van der Waals surface area (Å²) in [6, 6.07) is 17.7. The number of hydrogen-bond acceptors (Lipinski definition) is 4. The van der Waals surface area contributed by atoms with Gasteiger partial charge in [0.2, 0.25) is 0 Å². The van der Waals surface area contributed by atoms with Crippen molar-refractivity contribution in [3.8, 4) is 17.6 Å². The van der Waals surface area contributed by atoms with Gasteiger partial charge in [-0.2, -0.15) is 5.26 Å². The van der Waals surface area contributed by atoms with Gasteiger partial charge in [-0.1, -0.05) is 37.6 Å². The van der Waals surface area contributed by atoms with E-state index in [4.69, 9.17) is 9.47 Å². The number of ether oxygens (including phenoxy) is 2. The molecule has 0 aliphatic rings. The van der Waals surface area contributed by atoms with Crippen molar-refractivity contribution in [2.45, 2.75) is 46.3 Å². The summed E-state index contributed by atoms with van der Waals surface area (Å²) < 4.78 is 12.3. The molecule has 4 heteroatoms. The van der Waals surface area contributed by atoms with Crippen molar-refractivity contribution in [3.63, 3.8) is 0 Å². The summed E-state index contributed by atoms with van der Waals surface area (Å²) in [6.07, 6.45) is 5.25. The average Bonchev–Trinajstić information content (AvgIpc) is 2.75. The second-order valence-corrected chi connectivity index (χ2v) is 7.10. The first-order chi connectivity index (χ1) is 14.1. The molecule has 1 heterocycles. The van der Waals surface area contributed by atoms with Gasteiger partial charge in [-0.3, -0.25) is 4.98 Å². The lowest BCUT2D eigenvalue weighted by molar-refractivity contribution is 0.191. The Balaban J connectivity index is 1.85. The largest absolute Gasteiger partial charge is 0.489 e. The molecule has 148 valence electrons. The van der Waals surface area contributed by atoms with Gasteiger partial charge in [-0.05, 0) is 55.2 Å². The second kappa shape index (κ2) is 9.75. The number of hydrogen-bond donors (Lipinski definition) is 0. The van der Waals surface area contributed by atoms with Crippen LogP contribution in [-0.4, -0.2) is 4.98 Å². The summed E-state index contributed by atoms with van der Waals surface area (Å²) in [5, 5.41) is 9.55. The van der Waals surface area contributed by atoms with Crippen molar-refractivity contribution in [1.82, 2.24) is 4.98 Å². The van der Waals surface area contributed by atoms with Gasteiger partial charge in [0.15, 0.2) is 0 Å². The van der Waals surface area contributed by atoms with Crippen molar-refractivity contribution in [2.24, 2.45) is 0 Å². The minimum Gasteiger partial charge on any atom is -0.489 e. The van der Waals surface area contributed by atoms with Gasteiger partial charge in [-0.15, -0.1) is 0 Å². The van der Waals surface area contributed by atoms with Crippen LogP contribution in [0.2, 0.25) is 0 Å². The predicted octanol–water partition coefficient (Wildman–Crippen LogP) is 6.07. The maximum absolute atomic E-state index is 9.55. The van der Waals surface area contributed by atoms with Crippen LogP contribution in [0.1, 0.15) is 53.7 Å². The summed E-state index contributed by atoms with van der Waals surface area (Å²) in [6.45, 7) is 6.78. The van der Waals surface area contributed by atoms with Crippen LogP contribution in [0.25, 0.3) is 0 Å². The molecule has 1 aromatic heterocycles. The Morgan fingerprint density at radius 2 is 1.97 bits per heavy atom. The molecule has 3 aromatic rings. The SMILES string of the molecule is CCCC(Oc1cc(OCc2cccnc2)ccc1C#N)c1cccc(C)c1C. The lowest BCUT2D eigenvalue weighted by Gasteiger charge is -2.23. The van der Waals surface area contributed by atoms with Crippen LogP contribution in [-0.2, 0) is 6.61 Å². The number of nitrogens with zero attached hydrogens (tertiary/aromatic N) is 2. The van der Waals surface area contributed by atoms with E-state index in [-0.39, 0.29) is 6.10 Å². The Hall–Kier alpha value is -3.32. The Labute approximate surface area is 172 Å². The fourth-order valence-electron chi connectivity index (χ4n) is 3.25. The quantitative estimate of drug-likeness (QED) is 0.471. The highest BCUT2D eigenvalue weighted by Crippen LogP contribution is 2.33.